The third kappa shape index (κ3) is 7.83. The second kappa shape index (κ2) is 12.2. The molecular formula is C27H29Cl2NO3. The largest absolute Gasteiger partial charge is 0.481 e. The number of carboxylic acid groups (broad SMARTS) is 1. The lowest BCUT2D eigenvalue weighted by atomic mass is 9.94. The first-order chi connectivity index (χ1) is 15.8. The lowest BCUT2D eigenvalue weighted by Gasteiger charge is -2.13. The quantitative estimate of drug-likeness (QED) is 0.212. The third-order valence-electron chi connectivity index (χ3n) is 5.73. The first kappa shape index (κ1) is 25.2. The number of aryl methyl sites for hydroxylation is 2. The summed E-state index contributed by atoms with van der Waals surface area (Å²) < 4.78 is 0. The molecule has 3 rings (SSSR count). The Morgan fingerprint density at radius 1 is 0.909 bits per heavy atom. The number of unbranched alkanes of at least 4 members (excludes halogenated alkanes) is 3. The van der Waals surface area contributed by atoms with Crippen LogP contribution in [0, 0.1) is 5.92 Å². The summed E-state index contributed by atoms with van der Waals surface area (Å²) in [5.41, 5.74) is 3.43. The van der Waals surface area contributed by atoms with E-state index >= 15 is 0 Å². The molecule has 1 aromatic heterocycles. The van der Waals surface area contributed by atoms with Gasteiger partial charge in [0.25, 0.3) is 0 Å². The van der Waals surface area contributed by atoms with Gasteiger partial charge >= 0.3 is 5.97 Å². The van der Waals surface area contributed by atoms with E-state index in [1.165, 1.54) is 5.56 Å². The van der Waals surface area contributed by atoms with Crippen LogP contribution in [0.15, 0.2) is 48.5 Å². The predicted molar refractivity (Wildman–Crippen MR) is 134 cm³/mol. The van der Waals surface area contributed by atoms with E-state index < -0.39 is 5.97 Å². The van der Waals surface area contributed by atoms with Gasteiger partial charge in [0.05, 0.1) is 11.2 Å². The minimum absolute atomic E-state index is 0.0272. The molecule has 0 radical (unpaired) electrons. The molecule has 2 aromatic carbocycles. The van der Waals surface area contributed by atoms with E-state index in [-0.39, 0.29) is 24.5 Å². The number of aromatic nitrogens is 1. The first-order valence-electron chi connectivity index (χ1n) is 11.4. The Hall–Kier alpha value is -2.43. The van der Waals surface area contributed by atoms with Gasteiger partial charge in [-0.3, -0.25) is 14.6 Å². The van der Waals surface area contributed by atoms with E-state index in [9.17, 15) is 9.59 Å². The lowest BCUT2D eigenvalue weighted by molar-refractivity contribution is -0.137. The molecule has 0 saturated carbocycles. The van der Waals surface area contributed by atoms with Gasteiger partial charge in [-0.15, -0.1) is 0 Å². The number of aliphatic carboxylic acids is 1. The lowest BCUT2D eigenvalue weighted by Crippen LogP contribution is -2.13. The molecule has 0 aliphatic rings. The minimum atomic E-state index is -0.892. The van der Waals surface area contributed by atoms with Crippen LogP contribution in [0.1, 0.15) is 67.1 Å². The zero-order valence-electron chi connectivity index (χ0n) is 18.8. The molecule has 0 spiro atoms. The molecule has 1 heterocycles. The number of carbonyl (C=O) groups is 2. The number of carboxylic acids is 1. The van der Waals surface area contributed by atoms with Crippen LogP contribution in [0.25, 0.3) is 10.9 Å². The molecule has 0 saturated heterocycles. The summed E-state index contributed by atoms with van der Waals surface area (Å²) in [5.74, 6) is -1.19. The van der Waals surface area contributed by atoms with Gasteiger partial charge in [-0.05, 0) is 73.6 Å². The maximum Gasteiger partial charge on any atom is 0.303 e. The molecule has 0 bridgehead atoms. The molecule has 1 N–H and O–H groups in total. The summed E-state index contributed by atoms with van der Waals surface area (Å²) in [6, 6.07) is 15.3. The van der Waals surface area contributed by atoms with E-state index in [0.29, 0.717) is 17.0 Å². The number of hydrogen-bond donors (Lipinski definition) is 1. The van der Waals surface area contributed by atoms with Crippen LogP contribution < -0.4 is 0 Å². The minimum Gasteiger partial charge on any atom is -0.481 e. The molecule has 1 unspecified atom stereocenters. The van der Waals surface area contributed by atoms with Crippen LogP contribution in [0.5, 0.6) is 0 Å². The molecule has 0 amide bonds. The summed E-state index contributed by atoms with van der Waals surface area (Å²) in [7, 11) is 0. The van der Waals surface area contributed by atoms with Gasteiger partial charge in [0, 0.05) is 33.8 Å². The molecule has 0 fully saturated rings. The Kier molecular flexibility index (Phi) is 9.28. The summed E-state index contributed by atoms with van der Waals surface area (Å²) >= 11 is 12.2. The van der Waals surface area contributed by atoms with Crippen molar-refractivity contribution in [3.63, 3.8) is 0 Å². The molecule has 6 heteroatoms. The van der Waals surface area contributed by atoms with E-state index in [0.717, 1.165) is 53.7 Å². The van der Waals surface area contributed by atoms with Crippen molar-refractivity contribution in [1.82, 2.24) is 4.98 Å². The Morgan fingerprint density at radius 3 is 2.36 bits per heavy atom. The second-order valence-electron chi connectivity index (χ2n) is 8.69. The number of hydrogen-bond acceptors (Lipinski definition) is 3. The molecule has 0 aliphatic heterocycles. The normalized spacial score (nSPS) is 12.1. The van der Waals surface area contributed by atoms with Crippen LogP contribution in [-0.2, 0) is 17.6 Å². The van der Waals surface area contributed by atoms with Crippen LogP contribution in [-0.4, -0.2) is 21.8 Å². The number of nitrogens with zero attached hydrogens (tertiary/aromatic N) is 1. The number of benzene rings is 2. The van der Waals surface area contributed by atoms with Crippen LogP contribution in [0.3, 0.4) is 0 Å². The molecular weight excluding hydrogens is 457 g/mol. The van der Waals surface area contributed by atoms with Crippen LogP contribution in [0.4, 0.5) is 0 Å². The second-order valence-corrected chi connectivity index (χ2v) is 9.57. The van der Waals surface area contributed by atoms with Gasteiger partial charge in [0.1, 0.15) is 0 Å². The van der Waals surface area contributed by atoms with Gasteiger partial charge in [-0.25, -0.2) is 0 Å². The molecule has 33 heavy (non-hydrogen) atoms. The maximum absolute atomic E-state index is 13.0. The average molecular weight is 486 g/mol. The molecule has 4 nitrogen and oxygen atoms in total. The van der Waals surface area contributed by atoms with E-state index in [1.807, 2.05) is 30.3 Å². The van der Waals surface area contributed by atoms with Gasteiger partial charge in [-0.2, -0.15) is 0 Å². The van der Waals surface area contributed by atoms with Crippen LogP contribution >= 0.6 is 23.2 Å². The Labute approximate surface area is 204 Å². The molecule has 0 aliphatic carbocycles. The van der Waals surface area contributed by atoms with Crippen molar-refractivity contribution in [3.05, 3.63) is 75.4 Å². The monoisotopic (exact) mass is 485 g/mol. The highest BCUT2D eigenvalue weighted by Gasteiger charge is 2.18. The van der Waals surface area contributed by atoms with Gasteiger partial charge in [-0.1, -0.05) is 55.1 Å². The van der Waals surface area contributed by atoms with Crippen molar-refractivity contribution < 1.29 is 14.7 Å². The van der Waals surface area contributed by atoms with Crippen molar-refractivity contribution >= 4 is 45.9 Å². The zero-order chi connectivity index (χ0) is 23.8. The number of rotatable bonds is 12. The Bertz CT molecular complexity index is 1130. The highest BCUT2D eigenvalue weighted by molar-refractivity contribution is 6.31. The van der Waals surface area contributed by atoms with Gasteiger partial charge in [0.2, 0.25) is 0 Å². The van der Waals surface area contributed by atoms with Crippen molar-refractivity contribution in [2.24, 2.45) is 5.92 Å². The number of Topliss-reactive ketones (excluding diaryl/α,β-unsaturated/α-hetero) is 1. The van der Waals surface area contributed by atoms with Crippen molar-refractivity contribution in [2.45, 2.75) is 58.3 Å². The van der Waals surface area contributed by atoms with E-state index in [2.05, 4.69) is 6.07 Å². The maximum atomic E-state index is 13.0. The highest BCUT2D eigenvalue weighted by Crippen LogP contribution is 2.25. The van der Waals surface area contributed by atoms with Crippen molar-refractivity contribution in [2.75, 3.05) is 0 Å². The zero-order valence-corrected chi connectivity index (χ0v) is 20.3. The number of ketones is 1. The fourth-order valence-electron chi connectivity index (χ4n) is 4.08. The topological polar surface area (TPSA) is 67.3 Å². The van der Waals surface area contributed by atoms with Gasteiger partial charge < -0.3 is 5.11 Å². The van der Waals surface area contributed by atoms with Crippen molar-refractivity contribution in [3.8, 4) is 0 Å². The summed E-state index contributed by atoms with van der Waals surface area (Å²) in [5, 5.41) is 11.2. The molecule has 3 aromatic rings. The number of halogens is 2. The SMILES string of the molecule is CC(CC(=O)O)CC(=O)c1cc2cc(Cl)ccc2nc1CCCCCCc1cccc(Cl)c1. The van der Waals surface area contributed by atoms with Crippen molar-refractivity contribution in [1.29, 1.82) is 0 Å². The van der Waals surface area contributed by atoms with E-state index in [4.69, 9.17) is 33.3 Å². The summed E-state index contributed by atoms with van der Waals surface area (Å²) in [4.78, 5) is 28.8. The average Bonchev–Trinajstić information content (AvgIpc) is 2.75. The molecule has 1 atom stereocenters. The smallest absolute Gasteiger partial charge is 0.303 e. The Morgan fingerprint density at radius 2 is 1.64 bits per heavy atom. The molecule has 174 valence electrons. The van der Waals surface area contributed by atoms with Crippen LogP contribution in [0.2, 0.25) is 10.0 Å². The highest BCUT2D eigenvalue weighted by atomic mass is 35.5. The first-order valence-corrected chi connectivity index (χ1v) is 12.2. The number of pyridine rings is 1. The number of carbonyl (C=O) groups excluding carboxylic acids is 1. The fraction of sp³-hybridized carbons (Fsp3) is 0.370. The van der Waals surface area contributed by atoms with Gasteiger partial charge in [0.15, 0.2) is 5.78 Å². The Balaban J connectivity index is 1.64. The third-order valence-corrected chi connectivity index (χ3v) is 6.20. The standard InChI is InChI=1S/C27H29Cl2NO3/c1-18(14-27(32)33)13-26(31)23-17-20-16-22(29)11-12-24(20)30-25(23)10-5-3-2-4-7-19-8-6-9-21(28)15-19/h6,8-9,11-12,15-18H,2-5,7,10,13-14H2,1H3,(H,32,33). The summed E-state index contributed by atoms with van der Waals surface area (Å²) in [6.07, 6.45) is 6.03. The fourth-order valence-corrected chi connectivity index (χ4v) is 4.48. The predicted octanol–water partition coefficient (Wildman–Crippen LogP) is 7.57. The summed E-state index contributed by atoms with van der Waals surface area (Å²) in [6.45, 7) is 1.79. The van der Waals surface area contributed by atoms with E-state index in [1.54, 1.807) is 19.1 Å². The number of fused-ring (bicyclic) bond motifs is 1.